The highest BCUT2D eigenvalue weighted by Crippen LogP contribution is 2.30. The summed E-state index contributed by atoms with van der Waals surface area (Å²) >= 11 is 0. The number of amides is 3. The van der Waals surface area contributed by atoms with Crippen LogP contribution in [0.3, 0.4) is 0 Å². The third-order valence-corrected chi connectivity index (χ3v) is 3.93. The molecule has 108 valence electrons. The van der Waals surface area contributed by atoms with E-state index in [1.807, 2.05) is 42.5 Å². The van der Waals surface area contributed by atoms with E-state index in [-0.39, 0.29) is 19.1 Å². The van der Waals surface area contributed by atoms with Crippen molar-refractivity contribution in [3.05, 3.63) is 48.0 Å². The van der Waals surface area contributed by atoms with Crippen LogP contribution in [0, 0.1) is 0 Å². The van der Waals surface area contributed by atoms with Crippen molar-refractivity contribution in [2.45, 2.75) is 12.5 Å². The van der Waals surface area contributed by atoms with E-state index in [1.165, 1.54) is 0 Å². The van der Waals surface area contributed by atoms with Gasteiger partial charge in [0.2, 0.25) is 0 Å². The second-order valence-electron chi connectivity index (χ2n) is 5.30. The van der Waals surface area contributed by atoms with Crippen molar-refractivity contribution in [2.75, 3.05) is 13.2 Å². The normalized spacial score (nSPS) is 21.9. The molecular formula is C16H16N2O3. The number of benzene rings is 2. The second kappa shape index (κ2) is 4.86. The summed E-state index contributed by atoms with van der Waals surface area (Å²) in [5, 5.41) is 13.8. The van der Waals surface area contributed by atoms with Crippen molar-refractivity contribution in [3.63, 3.8) is 0 Å². The number of carbonyl (C=O) groups is 2. The van der Waals surface area contributed by atoms with Gasteiger partial charge in [-0.25, -0.2) is 4.79 Å². The van der Waals surface area contributed by atoms with E-state index in [0.717, 1.165) is 21.2 Å². The van der Waals surface area contributed by atoms with Crippen LogP contribution in [0.15, 0.2) is 42.5 Å². The summed E-state index contributed by atoms with van der Waals surface area (Å²) in [6.07, 6.45) is 0. The van der Waals surface area contributed by atoms with Crippen LogP contribution in [-0.4, -0.2) is 35.1 Å². The van der Waals surface area contributed by atoms with Crippen molar-refractivity contribution in [3.8, 4) is 0 Å². The van der Waals surface area contributed by atoms with Gasteiger partial charge in [0.1, 0.15) is 5.54 Å². The van der Waals surface area contributed by atoms with Gasteiger partial charge in [0.15, 0.2) is 0 Å². The summed E-state index contributed by atoms with van der Waals surface area (Å²) in [6, 6.07) is 13.1. The minimum Gasteiger partial charge on any atom is -0.395 e. The molecule has 0 bridgehead atoms. The molecule has 1 saturated heterocycles. The van der Waals surface area contributed by atoms with Crippen molar-refractivity contribution < 1.29 is 14.7 Å². The van der Waals surface area contributed by atoms with Gasteiger partial charge in [-0.05, 0) is 29.3 Å². The van der Waals surface area contributed by atoms with Crippen LogP contribution < -0.4 is 5.32 Å². The van der Waals surface area contributed by atoms with Crippen LogP contribution in [0.2, 0.25) is 0 Å². The van der Waals surface area contributed by atoms with Gasteiger partial charge in [-0.1, -0.05) is 36.4 Å². The van der Waals surface area contributed by atoms with Crippen molar-refractivity contribution in [1.82, 2.24) is 10.2 Å². The highest BCUT2D eigenvalue weighted by molar-refractivity contribution is 6.07. The number of β-amino-alcohol motifs (C(OH)–C–C–N with tert-alkyl or cyclic N) is 1. The van der Waals surface area contributed by atoms with Crippen LogP contribution >= 0.6 is 0 Å². The molecule has 0 spiro atoms. The van der Waals surface area contributed by atoms with Gasteiger partial charge in [-0.3, -0.25) is 9.69 Å². The zero-order valence-electron chi connectivity index (χ0n) is 11.7. The average molecular weight is 284 g/mol. The molecule has 0 aromatic heterocycles. The largest absolute Gasteiger partial charge is 0.395 e. The maximum Gasteiger partial charge on any atom is 0.325 e. The van der Waals surface area contributed by atoms with E-state index < -0.39 is 11.6 Å². The number of hydrogen-bond donors (Lipinski definition) is 2. The quantitative estimate of drug-likeness (QED) is 0.841. The van der Waals surface area contributed by atoms with Crippen LogP contribution in [-0.2, 0) is 10.3 Å². The van der Waals surface area contributed by atoms with Gasteiger partial charge in [-0.2, -0.15) is 0 Å². The fourth-order valence-corrected chi connectivity index (χ4v) is 2.70. The van der Waals surface area contributed by atoms with Gasteiger partial charge >= 0.3 is 6.03 Å². The van der Waals surface area contributed by atoms with E-state index in [9.17, 15) is 9.59 Å². The SMILES string of the molecule is CC1(c2ccc3ccccc3c2)NC(=O)N(CCO)C1=O. The highest BCUT2D eigenvalue weighted by atomic mass is 16.3. The number of carbonyl (C=O) groups excluding carboxylic acids is 2. The third kappa shape index (κ3) is 2.06. The first kappa shape index (κ1) is 13.6. The van der Waals surface area contributed by atoms with Gasteiger partial charge in [0.05, 0.1) is 13.2 Å². The Morgan fingerprint density at radius 3 is 2.57 bits per heavy atom. The molecule has 2 aromatic rings. The monoisotopic (exact) mass is 284 g/mol. The molecule has 5 heteroatoms. The van der Waals surface area contributed by atoms with E-state index >= 15 is 0 Å². The molecular weight excluding hydrogens is 268 g/mol. The first-order valence-electron chi connectivity index (χ1n) is 6.80. The minimum atomic E-state index is -1.09. The van der Waals surface area contributed by atoms with Crippen molar-refractivity contribution in [2.24, 2.45) is 0 Å². The molecule has 1 aliphatic rings. The fraction of sp³-hybridized carbons (Fsp3) is 0.250. The second-order valence-corrected chi connectivity index (χ2v) is 5.30. The van der Waals surface area contributed by atoms with E-state index in [0.29, 0.717) is 0 Å². The summed E-state index contributed by atoms with van der Waals surface area (Å²) in [5.41, 5.74) is -0.351. The Balaban J connectivity index is 2.04. The molecule has 1 atom stereocenters. The minimum absolute atomic E-state index is 0.00778. The topological polar surface area (TPSA) is 69.6 Å². The molecule has 3 amide bonds. The Morgan fingerprint density at radius 1 is 1.14 bits per heavy atom. The van der Waals surface area contributed by atoms with Crippen LogP contribution in [0.1, 0.15) is 12.5 Å². The van der Waals surface area contributed by atoms with E-state index in [1.54, 1.807) is 6.92 Å². The number of imide groups is 1. The standard InChI is InChI=1S/C16H16N2O3/c1-16(14(20)18(8-9-19)15(21)17-16)13-7-6-11-4-2-3-5-12(11)10-13/h2-7,10,19H,8-9H2,1H3,(H,17,21). The lowest BCUT2D eigenvalue weighted by molar-refractivity contribution is -0.131. The van der Waals surface area contributed by atoms with E-state index in [2.05, 4.69) is 5.32 Å². The first-order valence-corrected chi connectivity index (χ1v) is 6.80. The lowest BCUT2D eigenvalue weighted by atomic mass is 9.90. The molecule has 2 aromatic carbocycles. The highest BCUT2D eigenvalue weighted by Gasteiger charge is 2.48. The van der Waals surface area contributed by atoms with E-state index in [4.69, 9.17) is 5.11 Å². The molecule has 0 radical (unpaired) electrons. The van der Waals surface area contributed by atoms with Gasteiger partial charge in [0.25, 0.3) is 5.91 Å². The summed E-state index contributed by atoms with van der Waals surface area (Å²) < 4.78 is 0. The number of aliphatic hydroxyl groups excluding tert-OH is 1. The molecule has 1 fully saturated rings. The van der Waals surface area contributed by atoms with Crippen molar-refractivity contribution >= 4 is 22.7 Å². The van der Waals surface area contributed by atoms with Crippen LogP contribution in [0.4, 0.5) is 4.79 Å². The van der Waals surface area contributed by atoms with Crippen LogP contribution in [0.5, 0.6) is 0 Å². The summed E-state index contributed by atoms with van der Waals surface area (Å²) in [5.74, 6) is -0.336. The molecule has 1 unspecified atom stereocenters. The summed E-state index contributed by atoms with van der Waals surface area (Å²) in [6.45, 7) is 1.45. The molecule has 5 nitrogen and oxygen atoms in total. The lowest BCUT2D eigenvalue weighted by Crippen LogP contribution is -2.41. The average Bonchev–Trinajstić information content (AvgIpc) is 2.71. The van der Waals surface area contributed by atoms with Gasteiger partial charge < -0.3 is 10.4 Å². The van der Waals surface area contributed by atoms with Crippen molar-refractivity contribution in [1.29, 1.82) is 0 Å². The Morgan fingerprint density at radius 2 is 1.86 bits per heavy atom. The first-order chi connectivity index (χ1) is 10.1. The number of hydrogen-bond acceptors (Lipinski definition) is 3. The Hall–Kier alpha value is -2.40. The van der Waals surface area contributed by atoms with Gasteiger partial charge in [-0.15, -0.1) is 0 Å². The maximum atomic E-state index is 12.5. The summed E-state index contributed by atoms with van der Waals surface area (Å²) in [7, 11) is 0. The predicted molar refractivity (Wildman–Crippen MR) is 78.6 cm³/mol. The molecule has 0 aliphatic carbocycles. The Bertz CT molecular complexity index is 728. The lowest BCUT2D eigenvalue weighted by Gasteiger charge is -2.22. The molecule has 1 aliphatic heterocycles. The Kier molecular flexibility index (Phi) is 3.14. The zero-order chi connectivity index (χ0) is 15.0. The zero-order valence-corrected chi connectivity index (χ0v) is 11.7. The number of aliphatic hydroxyl groups is 1. The predicted octanol–water partition coefficient (Wildman–Crippen LogP) is 1.60. The number of rotatable bonds is 3. The molecule has 2 N–H and O–H groups in total. The molecule has 3 rings (SSSR count). The number of nitrogens with zero attached hydrogens (tertiary/aromatic N) is 1. The summed E-state index contributed by atoms with van der Waals surface area (Å²) in [4.78, 5) is 25.5. The number of fused-ring (bicyclic) bond motifs is 1. The maximum absolute atomic E-state index is 12.5. The number of nitrogens with one attached hydrogen (secondary N) is 1. The fourth-order valence-electron chi connectivity index (χ4n) is 2.70. The van der Waals surface area contributed by atoms with Gasteiger partial charge in [0, 0.05) is 0 Å². The Labute approximate surface area is 122 Å². The molecule has 0 saturated carbocycles. The smallest absolute Gasteiger partial charge is 0.325 e. The van der Waals surface area contributed by atoms with Crippen LogP contribution in [0.25, 0.3) is 10.8 Å². The number of urea groups is 1. The molecule has 21 heavy (non-hydrogen) atoms. The third-order valence-electron chi connectivity index (χ3n) is 3.93. The molecule has 1 heterocycles.